The van der Waals surface area contributed by atoms with E-state index in [1.54, 1.807) is 24.3 Å². The number of hydrogen-bond donors (Lipinski definition) is 2. The van der Waals surface area contributed by atoms with Gasteiger partial charge >= 0.3 is 6.03 Å². The highest BCUT2D eigenvalue weighted by Crippen LogP contribution is 2.23. The zero-order chi connectivity index (χ0) is 23.5. The van der Waals surface area contributed by atoms with Gasteiger partial charge in [0.05, 0.1) is 17.6 Å². The van der Waals surface area contributed by atoms with Crippen molar-refractivity contribution in [2.75, 3.05) is 44.4 Å². The summed E-state index contributed by atoms with van der Waals surface area (Å²) in [6, 6.07) is 7.66. The Balaban J connectivity index is 1.64. The van der Waals surface area contributed by atoms with E-state index in [9.17, 15) is 13.2 Å². The molecule has 9 nitrogen and oxygen atoms in total. The van der Waals surface area contributed by atoms with Crippen LogP contribution in [0.1, 0.15) is 18.2 Å². The Kier molecular flexibility index (Phi) is 7.44. The summed E-state index contributed by atoms with van der Waals surface area (Å²) in [5, 5.41) is 5.16. The number of urea groups is 1. The zero-order valence-electron chi connectivity index (χ0n) is 18.7. The van der Waals surface area contributed by atoms with Crippen molar-refractivity contribution in [2.24, 2.45) is 0 Å². The lowest BCUT2D eigenvalue weighted by Gasteiger charge is -2.40. The average molecular weight is 465 g/mol. The number of hydrogen-bond acceptors (Lipinski definition) is 5. The van der Waals surface area contributed by atoms with Crippen LogP contribution in [0, 0.1) is 12.7 Å². The molecule has 0 saturated carbocycles. The van der Waals surface area contributed by atoms with Crippen molar-refractivity contribution in [3.05, 3.63) is 53.6 Å². The van der Waals surface area contributed by atoms with Crippen molar-refractivity contribution in [1.29, 1.82) is 0 Å². The van der Waals surface area contributed by atoms with Crippen molar-refractivity contribution >= 4 is 27.6 Å². The Hall–Kier alpha value is -2.60. The number of piperazine rings is 1. The molecule has 1 aliphatic heterocycles. The van der Waals surface area contributed by atoms with E-state index in [2.05, 4.69) is 15.6 Å². The summed E-state index contributed by atoms with van der Waals surface area (Å²) < 4.78 is 42.5. The van der Waals surface area contributed by atoms with E-state index in [4.69, 9.17) is 0 Å². The predicted molar refractivity (Wildman–Crippen MR) is 122 cm³/mol. The van der Waals surface area contributed by atoms with Crippen molar-refractivity contribution < 1.29 is 17.6 Å². The number of halogens is 1. The van der Waals surface area contributed by atoms with Crippen LogP contribution in [0.15, 0.2) is 36.5 Å². The molecule has 2 heterocycles. The number of carbonyl (C=O) groups excluding carboxylic acids is 1. The van der Waals surface area contributed by atoms with E-state index in [-0.39, 0.29) is 11.7 Å². The maximum absolute atomic E-state index is 15.1. The number of aromatic nitrogens is 1. The normalized spacial score (nSPS) is 18.0. The molecule has 0 radical (unpaired) electrons. The van der Waals surface area contributed by atoms with Crippen LogP contribution >= 0.6 is 0 Å². The highest BCUT2D eigenvalue weighted by atomic mass is 32.2. The van der Waals surface area contributed by atoms with Gasteiger partial charge in [-0.15, -0.1) is 0 Å². The molecule has 1 fully saturated rings. The minimum absolute atomic E-state index is 0.0709. The number of aryl methyl sites for hydroxylation is 1. The lowest BCUT2D eigenvalue weighted by Crippen LogP contribution is -2.55. The van der Waals surface area contributed by atoms with Gasteiger partial charge in [0.25, 0.3) is 10.2 Å². The molecule has 2 N–H and O–H groups in total. The number of nitrogens with one attached hydrogen (secondary N) is 2. The highest BCUT2D eigenvalue weighted by molar-refractivity contribution is 7.86. The average Bonchev–Trinajstić information content (AvgIpc) is 2.73. The first kappa shape index (κ1) is 24.1. The summed E-state index contributed by atoms with van der Waals surface area (Å²) >= 11 is 0. The Morgan fingerprint density at radius 1 is 1.22 bits per heavy atom. The summed E-state index contributed by atoms with van der Waals surface area (Å²) in [6.07, 6.45) is 1.53. The SMILES string of the molecule is Cc1ccc(NC(=O)Nc2cccc(CN3CCN(S(=O)(=O)N(C)C)CC3C)c2F)cn1. The van der Waals surface area contributed by atoms with E-state index in [1.165, 1.54) is 35.0 Å². The Bertz CT molecular complexity index is 1060. The van der Waals surface area contributed by atoms with Crippen molar-refractivity contribution in [2.45, 2.75) is 26.4 Å². The molecule has 2 aromatic rings. The molecule has 1 atom stereocenters. The first-order valence-corrected chi connectivity index (χ1v) is 11.7. The van der Waals surface area contributed by atoms with Crippen LogP contribution in [0.25, 0.3) is 0 Å². The second kappa shape index (κ2) is 9.90. The monoisotopic (exact) mass is 464 g/mol. The van der Waals surface area contributed by atoms with Crippen molar-refractivity contribution in [3.8, 4) is 0 Å². The Morgan fingerprint density at radius 2 is 1.97 bits per heavy atom. The lowest BCUT2D eigenvalue weighted by atomic mass is 10.1. The summed E-state index contributed by atoms with van der Waals surface area (Å²) in [5.41, 5.74) is 1.82. The molecular weight excluding hydrogens is 435 g/mol. The smallest absolute Gasteiger partial charge is 0.306 e. The van der Waals surface area contributed by atoms with Crippen molar-refractivity contribution in [3.63, 3.8) is 0 Å². The molecular formula is C21H29FN6O3S. The van der Waals surface area contributed by atoms with Gasteiger partial charge in [0.2, 0.25) is 0 Å². The summed E-state index contributed by atoms with van der Waals surface area (Å²) in [6.45, 7) is 5.20. The van der Waals surface area contributed by atoms with Crippen LogP contribution in [0.3, 0.4) is 0 Å². The van der Waals surface area contributed by atoms with E-state index < -0.39 is 22.1 Å². The molecule has 1 aromatic carbocycles. The van der Waals surface area contributed by atoms with Crippen LogP contribution in [0.4, 0.5) is 20.6 Å². The highest BCUT2D eigenvalue weighted by Gasteiger charge is 2.32. The number of rotatable bonds is 6. The topological polar surface area (TPSA) is 97.9 Å². The van der Waals surface area contributed by atoms with E-state index in [0.717, 1.165) is 5.69 Å². The standard InChI is InChI=1S/C21H29FN6O3S/c1-15-8-9-18(12-23-15)24-21(29)25-19-7-5-6-17(20(19)22)14-27-10-11-28(13-16(27)2)32(30,31)26(3)4/h5-9,12,16H,10-11,13-14H2,1-4H3,(H2,24,25,29). The van der Waals surface area contributed by atoms with Crippen LogP contribution in [0.5, 0.6) is 0 Å². The fourth-order valence-electron chi connectivity index (χ4n) is 3.48. The summed E-state index contributed by atoms with van der Waals surface area (Å²) in [5.74, 6) is -0.514. The fourth-order valence-corrected chi connectivity index (χ4v) is 4.66. The second-order valence-corrected chi connectivity index (χ2v) is 10.2. The molecule has 1 saturated heterocycles. The fraction of sp³-hybridized carbons (Fsp3) is 0.429. The van der Waals surface area contributed by atoms with Crippen LogP contribution < -0.4 is 10.6 Å². The molecule has 3 rings (SSSR count). The molecule has 11 heteroatoms. The Labute approximate surface area is 188 Å². The van der Waals surface area contributed by atoms with Gasteiger partial charge in [0, 0.05) is 57.6 Å². The van der Waals surface area contributed by atoms with Gasteiger partial charge in [-0.3, -0.25) is 9.88 Å². The maximum atomic E-state index is 15.1. The van der Waals surface area contributed by atoms with Crippen LogP contribution in [0.2, 0.25) is 0 Å². The molecule has 1 aromatic heterocycles. The maximum Gasteiger partial charge on any atom is 0.323 e. The minimum Gasteiger partial charge on any atom is -0.306 e. The third-order valence-corrected chi connectivity index (χ3v) is 7.29. The van der Waals surface area contributed by atoms with Gasteiger partial charge in [0.15, 0.2) is 5.82 Å². The zero-order valence-corrected chi connectivity index (χ0v) is 19.5. The molecule has 0 spiro atoms. The quantitative estimate of drug-likeness (QED) is 0.685. The number of amides is 2. The number of nitrogens with zero attached hydrogens (tertiary/aromatic N) is 4. The lowest BCUT2D eigenvalue weighted by molar-refractivity contribution is 0.118. The van der Waals surface area contributed by atoms with E-state index in [0.29, 0.717) is 37.4 Å². The summed E-state index contributed by atoms with van der Waals surface area (Å²) in [7, 11) is -0.467. The number of benzene rings is 1. The van der Waals surface area contributed by atoms with Gasteiger partial charge in [-0.05, 0) is 32.0 Å². The van der Waals surface area contributed by atoms with Gasteiger partial charge < -0.3 is 10.6 Å². The molecule has 2 amide bonds. The minimum atomic E-state index is -3.48. The first-order chi connectivity index (χ1) is 15.1. The third kappa shape index (κ3) is 5.60. The molecule has 0 bridgehead atoms. The van der Waals surface area contributed by atoms with Crippen LogP contribution in [-0.2, 0) is 16.8 Å². The van der Waals surface area contributed by atoms with Crippen molar-refractivity contribution in [1.82, 2.24) is 18.5 Å². The molecule has 32 heavy (non-hydrogen) atoms. The van der Waals surface area contributed by atoms with Crippen LogP contribution in [-0.4, -0.2) is 72.7 Å². The van der Waals surface area contributed by atoms with Gasteiger partial charge in [-0.25, -0.2) is 9.18 Å². The van der Waals surface area contributed by atoms with Gasteiger partial charge in [-0.1, -0.05) is 12.1 Å². The molecule has 1 unspecified atom stereocenters. The first-order valence-electron chi connectivity index (χ1n) is 10.3. The third-order valence-electron chi connectivity index (χ3n) is 5.39. The molecule has 0 aliphatic carbocycles. The number of carbonyl (C=O) groups is 1. The Morgan fingerprint density at radius 3 is 2.59 bits per heavy atom. The number of anilines is 2. The molecule has 174 valence electrons. The second-order valence-electron chi connectivity index (χ2n) is 8.01. The largest absolute Gasteiger partial charge is 0.323 e. The van der Waals surface area contributed by atoms with Gasteiger partial charge in [-0.2, -0.15) is 17.0 Å². The van der Waals surface area contributed by atoms with E-state index in [1.807, 2.05) is 18.7 Å². The number of pyridine rings is 1. The molecule has 1 aliphatic rings. The summed E-state index contributed by atoms with van der Waals surface area (Å²) in [4.78, 5) is 18.4. The predicted octanol–water partition coefficient (Wildman–Crippen LogP) is 2.49. The van der Waals surface area contributed by atoms with E-state index >= 15 is 4.39 Å². The van der Waals surface area contributed by atoms with Gasteiger partial charge in [0.1, 0.15) is 0 Å².